The molecule has 1 unspecified atom stereocenters. The van der Waals surface area contributed by atoms with E-state index in [1.807, 2.05) is 10.6 Å². The monoisotopic (exact) mass is 768 g/mol. The second-order valence-corrected chi connectivity index (χ2v) is 27.4. The minimum Gasteiger partial charge on any atom is -0.456 e. The lowest BCUT2D eigenvalue weighted by Gasteiger charge is -2.39. The largest absolute Gasteiger partial charge is 0.456 e. The Hall–Kier alpha value is -1.59. The van der Waals surface area contributed by atoms with Crippen LogP contribution in [0.2, 0.25) is 48.8 Å². The van der Waals surface area contributed by atoms with Crippen LogP contribution in [0.15, 0.2) is 22.7 Å². The number of nitrogens with one attached hydrogen (secondary N) is 1. The van der Waals surface area contributed by atoms with Crippen LogP contribution >= 0.6 is 27.5 Å². The van der Waals surface area contributed by atoms with Crippen LogP contribution in [0.1, 0.15) is 44.4 Å². The molecule has 1 aromatic carbocycles. The van der Waals surface area contributed by atoms with Gasteiger partial charge in [0, 0.05) is 24.7 Å². The molecule has 2 aromatic heterocycles. The molecule has 258 valence electrons. The summed E-state index contributed by atoms with van der Waals surface area (Å²) in [7, 11) is -3.32. The third kappa shape index (κ3) is 7.47. The number of rotatable bonds is 11. The van der Waals surface area contributed by atoms with E-state index in [4.69, 9.17) is 44.9 Å². The highest BCUT2D eigenvalue weighted by molar-refractivity contribution is 9.10. The maximum atomic E-state index is 15.0. The number of aryl methyl sites for hydroxylation is 1. The second-order valence-electron chi connectivity index (χ2n) is 15.7. The van der Waals surface area contributed by atoms with Crippen molar-refractivity contribution in [2.24, 2.45) is 0 Å². The third-order valence-corrected chi connectivity index (χ3v) is 16.8. The van der Waals surface area contributed by atoms with Crippen molar-refractivity contribution in [3.8, 4) is 6.01 Å². The van der Waals surface area contributed by atoms with Crippen LogP contribution in [0.5, 0.6) is 6.01 Å². The van der Waals surface area contributed by atoms with Crippen molar-refractivity contribution in [3.63, 3.8) is 0 Å². The summed E-state index contributed by atoms with van der Waals surface area (Å²) in [5, 5.41) is 3.89. The Kier molecular flexibility index (Phi) is 9.95. The smallest absolute Gasteiger partial charge is 0.301 e. The fourth-order valence-corrected chi connectivity index (χ4v) is 8.90. The molecule has 0 spiro atoms. The molecule has 2 saturated heterocycles. The predicted octanol–water partition coefficient (Wildman–Crippen LogP) is 8.33. The molecular formula is C33H47BrClFN4O5Si2. The molecule has 3 aromatic rings. The topological polar surface area (TPSA) is 88.9 Å². The molecule has 0 radical (unpaired) electrons. The zero-order valence-electron chi connectivity index (χ0n) is 28.6. The third-order valence-electron chi connectivity index (χ3n) is 9.87. The van der Waals surface area contributed by atoms with Crippen molar-refractivity contribution in [3.05, 3.63) is 44.6 Å². The number of hydrogen-bond donors (Lipinski definition) is 1. The van der Waals surface area contributed by atoms with E-state index in [9.17, 15) is 0 Å². The fraction of sp³-hybridized carbons (Fsp3) is 0.636. The van der Waals surface area contributed by atoms with Crippen LogP contribution in [0.4, 0.5) is 10.2 Å². The van der Waals surface area contributed by atoms with Gasteiger partial charge >= 0.3 is 6.01 Å². The molecule has 2 fully saturated rings. The molecule has 3 aliphatic rings. The first-order valence-electron chi connectivity index (χ1n) is 16.5. The second kappa shape index (κ2) is 13.3. The van der Waals surface area contributed by atoms with Crippen LogP contribution < -0.4 is 10.1 Å². The van der Waals surface area contributed by atoms with Gasteiger partial charge in [0.1, 0.15) is 36.1 Å². The van der Waals surface area contributed by atoms with Gasteiger partial charge in [-0.25, -0.2) is 9.37 Å². The van der Waals surface area contributed by atoms with Gasteiger partial charge in [0.15, 0.2) is 20.1 Å². The van der Waals surface area contributed by atoms with E-state index in [2.05, 4.69) is 74.8 Å². The number of benzene rings is 1. The standard InChI is InChI=1S/C33H47BrClFN4O5Si2/c1-33(2,3)47(7,8)45-26-17-43-28-25(16-42-29(26)28)44-32-38-24-15-21(35)30(39-31(24)40(32)18-41-11-12-46(4,5)6)37-23-10-9-19-13-20(34)14-22(36)27(19)23/h13-15,23,25-26,28-29H,9-12,16-18H2,1-8H3,(H,37,39)/t23?,25-,26-,28-,29-/m1/s1. The molecule has 0 amide bonds. The molecule has 2 aliphatic heterocycles. The molecule has 0 saturated carbocycles. The average Bonchev–Trinajstić information content (AvgIpc) is 3.71. The lowest BCUT2D eigenvalue weighted by Crippen LogP contribution is -2.47. The number of nitrogens with zero attached hydrogens (tertiary/aromatic N) is 3. The molecule has 9 nitrogen and oxygen atoms in total. The number of pyridine rings is 1. The van der Waals surface area contributed by atoms with E-state index in [-0.39, 0.29) is 48.0 Å². The van der Waals surface area contributed by atoms with E-state index in [0.717, 1.165) is 28.9 Å². The first kappa shape index (κ1) is 35.2. The van der Waals surface area contributed by atoms with Gasteiger partial charge in [-0.15, -0.1) is 0 Å². The number of fused-ring (bicyclic) bond motifs is 3. The van der Waals surface area contributed by atoms with Crippen LogP contribution in [0.25, 0.3) is 11.2 Å². The molecule has 0 bridgehead atoms. The van der Waals surface area contributed by atoms with Crippen LogP contribution in [0, 0.1) is 5.82 Å². The summed E-state index contributed by atoms with van der Waals surface area (Å²) in [6.45, 7) is 19.8. The van der Waals surface area contributed by atoms with Gasteiger partial charge in [0.2, 0.25) is 0 Å². The van der Waals surface area contributed by atoms with Gasteiger partial charge < -0.3 is 28.7 Å². The Morgan fingerprint density at radius 3 is 2.47 bits per heavy atom. The summed E-state index contributed by atoms with van der Waals surface area (Å²) in [4.78, 5) is 9.74. The van der Waals surface area contributed by atoms with Gasteiger partial charge in [0.05, 0.1) is 30.4 Å². The van der Waals surface area contributed by atoms with Crippen molar-refractivity contribution < 1.29 is 27.8 Å². The van der Waals surface area contributed by atoms with Gasteiger partial charge in [-0.05, 0) is 60.8 Å². The number of halogens is 3. The number of aromatic nitrogens is 3. The molecular weight excluding hydrogens is 723 g/mol. The molecule has 4 heterocycles. The predicted molar refractivity (Wildman–Crippen MR) is 191 cm³/mol. The number of ether oxygens (including phenoxy) is 4. The highest BCUT2D eigenvalue weighted by Gasteiger charge is 2.52. The van der Waals surface area contributed by atoms with E-state index < -0.39 is 16.4 Å². The van der Waals surface area contributed by atoms with Crippen molar-refractivity contribution >= 4 is 60.9 Å². The summed E-state index contributed by atoms with van der Waals surface area (Å²) in [5.41, 5.74) is 2.78. The average molecular weight is 770 g/mol. The van der Waals surface area contributed by atoms with Gasteiger partial charge in [-0.1, -0.05) is 67.9 Å². The quantitative estimate of drug-likeness (QED) is 0.154. The van der Waals surface area contributed by atoms with Gasteiger partial charge in [-0.2, -0.15) is 4.98 Å². The van der Waals surface area contributed by atoms with Crippen LogP contribution in [-0.2, 0) is 31.8 Å². The lowest BCUT2D eigenvalue weighted by atomic mass is 10.1. The minimum absolute atomic E-state index is 0.0778. The zero-order chi connectivity index (χ0) is 33.9. The normalized spacial score (nSPS) is 24.6. The van der Waals surface area contributed by atoms with Crippen molar-refractivity contribution in [1.82, 2.24) is 14.5 Å². The van der Waals surface area contributed by atoms with E-state index >= 15 is 4.39 Å². The summed E-state index contributed by atoms with van der Waals surface area (Å²) in [6.07, 6.45) is 0.487. The van der Waals surface area contributed by atoms with Crippen LogP contribution in [-0.4, -0.2) is 75.2 Å². The molecule has 47 heavy (non-hydrogen) atoms. The number of imidazole rings is 1. The first-order chi connectivity index (χ1) is 22.0. The van der Waals surface area contributed by atoms with Crippen molar-refractivity contribution in [2.45, 2.75) is 115 Å². The Morgan fingerprint density at radius 2 is 1.77 bits per heavy atom. The minimum atomic E-state index is -2.02. The molecule has 14 heteroatoms. The summed E-state index contributed by atoms with van der Waals surface area (Å²) in [5.74, 6) is 0.212. The highest BCUT2D eigenvalue weighted by atomic mass is 79.9. The van der Waals surface area contributed by atoms with E-state index in [1.54, 1.807) is 6.07 Å². The summed E-state index contributed by atoms with van der Waals surface area (Å²) >= 11 is 10.2. The maximum Gasteiger partial charge on any atom is 0.301 e. The summed E-state index contributed by atoms with van der Waals surface area (Å²) < 4.78 is 49.5. The van der Waals surface area contributed by atoms with E-state index in [1.165, 1.54) is 6.07 Å². The molecule has 1 aliphatic carbocycles. The Bertz CT molecular complexity index is 1630. The van der Waals surface area contributed by atoms with Gasteiger partial charge in [-0.3, -0.25) is 4.57 Å². The molecule has 1 N–H and O–H groups in total. The Balaban J connectivity index is 1.25. The van der Waals surface area contributed by atoms with Crippen molar-refractivity contribution in [2.75, 3.05) is 25.1 Å². The Morgan fingerprint density at radius 1 is 1.06 bits per heavy atom. The summed E-state index contributed by atoms with van der Waals surface area (Å²) in [6, 6.07) is 6.38. The first-order valence-corrected chi connectivity index (χ1v) is 24.3. The van der Waals surface area contributed by atoms with E-state index in [0.29, 0.717) is 53.4 Å². The Labute approximate surface area is 292 Å². The van der Waals surface area contributed by atoms with Crippen molar-refractivity contribution in [1.29, 1.82) is 0 Å². The SMILES string of the molecule is CC(C)(C)[Si](C)(C)O[C@@H]1CO[C@H]2[C@@H]1OC[C@H]2Oc1nc2cc(Cl)c(NC3CCc4cc(Br)cc(F)c43)nc2n1COCC[Si](C)(C)C. The number of anilines is 1. The molecule has 5 atom stereocenters. The fourth-order valence-electron chi connectivity index (χ4n) is 6.16. The molecule has 6 rings (SSSR count). The zero-order valence-corrected chi connectivity index (χ0v) is 32.9. The van der Waals surface area contributed by atoms with Crippen LogP contribution in [0.3, 0.4) is 0 Å². The maximum absolute atomic E-state index is 15.0. The highest BCUT2D eigenvalue weighted by Crippen LogP contribution is 2.42. The van der Waals surface area contributed by atoms with Gasteiger partial charge in [0.25, 0.3) is 0 Å². The lowest BCUT2D eigenvalue weighted by molar-refractivity contribution is 0.00687. The number of hydrogen-bond acceptors (Lipinski definition) is 8.